The Morgan fingerprint density at radius 1 is 0.652 bits per heavy atom. The third-order valence-electron chi connectivity index (χ3n) is 3.56. The molecule has 0 atom stereocenters. The molecule has 0 bridgehead atoms. The van der Waals surface area contributed by atoms with Crippen LogP contribution in [0.5, 0.6) is 0 Å². The first kappa shape index (κ1) is 23.5. The molecule has 0 aromatic carbocycles. The van der Waals surface area contributed by atoms with Crippen molar-refractivity contribution in [3.8, 4) is 0 Å². The fraction of sp³-hybridized carbons (Fsp3) is 0.875. The van der Waals surface area contributed by atoms with Gasteiger partial charge in [0.1, 0.15) is 0 Å². The minimum absolute atomic E-state index is 0.251. The molecule has 0 heterocycles. The van der Waals surface area contributed by atoms with E-state index in [1.165, 1.54) is 13.8 Å². The summed E-state index contributed by atoms with van der Waals surface area (Å²) in [5.74, 6) is -0.502. The third-order valence-corrected chi connectivity index (χ3v) is 38.1. The summed E-state index contributed by atoms with van der Waals surface area (Å²) in [5.41, 5.74) is 0. The van der Waals surface area contributed by atoms with E-state index in [4.69, 9.17) is 7.56 Å². The summed E-state index contributed by atoms with van der Waals surface area (Å²) in [4.78, 5) is 23.4. The van der Waals surface area contributed by atoms with Crippen LogP contribution in [0.1, 0.15) is 67.2 Å². The van der Waals surface area contributed by atoms with Crippen LogP contribution < -0.4 is 0 Å². The zero-order valence-corrected chi connectivity index (χ0v) is 21.4. The van der Waals surface area contributed by atoms with Gasteiger partial charge in [-0.15, -0.1) is 0 Å². The van der Waals surface area contributed by atoms with Crippen LogP contribution in [0.25, 0.3) is 0 Å². The monoisotopic (exact) mass is 546 g/mol. The summed E-state index contributed by atoms with van der Waals surface area (Å²) in [6.07, 6.45) is 3.74. The van der Waals surface area contributed by atoms with Crippen LogP contribution >= 0.6 is 0 Å². The Morgan fingerprint density at radius 3 is 1.09 bits per heavy atom. The summed E-state index contributed by atoms with van der Waals surface area (Å²) in [6.45, 7) is 11.3. The molecule has 0 saturated heterocycles. The molecule has 0 N–H and O–H groups in total. The van der Waals surface area contributed by atoms with Gasteiger partial charge >= 0.3 is 152 Å². The van der Waals surface area contributed by atoms with Gasteiger partial charge in [0.05, 0.1) is 0 Å². The van der Waals surface area contributed by atoms with Crippen molar-refractivity contribution in [2.24, 2.45) is 0 Å². The predicted octanol–water partition coefficient (Wildman–Crippen LogP) is 4.65. The minimum atomic E-state index is -3.55. The van der Waals surface area contributed by atoms with Gasteiger partial charge in [-0.05, 0) is 0 Å². The second-order valence-electron chi connectivity index (χ2n) is 6.11. The van der Waals surface area contributed by atoms with E-state index in [0.29, 0.717) is 0 Å². The first-order valence-electron chi connectivity index (χ1n) is 8.88. The Balaban J connectivity index is 5.67. The molecule has 0 rings (SSSR count). The van der Waals surface area contributed by atoms with Gasteiger partial charge in [0.2, 0.25) is 0 Å². The van der Waals surface area contributed by atoms with Crippen LogP contribution in [0.15, 0.2) is 0 Å². The van der Waals surface area contributed by atoms with Crippen LogP contribution in [0.4, 0.5) is 0 Å². The summed E-state index contributed by atoms with van der Waals surface area (Å²) in [5, 5.41) is 0. The Kier molecular flexibility index (Phi) is 12.2. The zero-order valence-electron chi connectivity index (χ0n) is 15.7. The van der Waals surface area contributed by atoms with Crippen LogP contribution in [0.3, 0.4) is 0 Å². The molecule has 0 spiro atoms. The van der Waals surface area contributed by atoms with Crippen LogP contribution in [-0.2, 0) is 17.1 Å². The molecule has 0 aliphatic rings. The number of hydrogen-bond acceptors (Lipinski definition) is 5. The Labute approximate surface area is 151 Å². The number of carbonyl (C=O) groups excluding carboxylic acids is 2. The van der Waals surface area contributed by atoms with E-state index < -0.39 is 38.4 Å². The molecule has 0 unspecified atom stereocenters. The van der Waals surface area contributed by atoms with Crippen molar-refractivity contribution in [2.75, 3.05) is 0 Å². The van der Waals surface area contributed by atoms with Gasteiger partial charge < -0.3 is 0 Å². The van der Waals surface area contributed by atoms with Gasteiger partial charge in [-0.25, -0.2) is 0 Å². The quantitative estimate of drug-likeness (QED) is 0.335. The summed E-state index contributed by atoms with van der Waals surface area (Å²) >= 11 is -7.11. The number of carbonyl (C=O) groups is 2. The topological polar surface area (TPSA) is 61.8 Å². The molecule has 7 heteroatoms. The van der Waals surface area contributed by atoms with E-state index >= 15 is 0 Å². The van der Waals surface area contributed by atoms with Crippen LogP contribution in [0, 0.1) is 0 Å². The molecule has 23 heavy (non-hydrogen) atoms. The molecule has 0 fully saturated rings. The molecule has 0 aliphatic carbocycles. The van der Waals surface area contributed by atoms with E-state index in [9.17, 15) is 9.59 Å². The second kappa shape index (κ2) is 11.9. The van der Waals surface area contributed by atoms with Crippen molar-refractivity contribution < 1.29 is 17.1 Å². The van der Waals surface area contributed by atoms with Gasteiger partial charge in [-0.3, -0.25) is 0 Å². The molecule has 0 radical (unpaired) electrons. The number of rotatable bonds is 12. The molecule has 136 valence electrons. The van der Waals surface area contributed by atoms with Gasteiger partial charge in [0.25, 0.3) is 0 Å². The van der Waals surface area contributed by atoms with E-state index in [0.717, 1.165) is 43.4 Å². The van der Waals surface area contributed by atoms with Crippen LogP contribution in [-0.4, -0.2) is 50.3 Å². The van der Waals surface area contributed by atoms with Gasteiger partial charge in [0, 0.05) is 0 Å². The third kappa shape index (κ3) is 8.95. The molecule has 5 nitrogen and oxygen atoms in total. The van der Waals surface area contributed by atoms with Crippen molar-refractivity contribution in [3.63, 3.8) is 0 Å². The Morgan fingerprint density at radius 2 is 0.913 bits per heavy atom. The Bertz CT molecular complexity index is 327. The SMILES string of the molecule is CC[CH2][Sn]([CH2]CC)([O]C(C)=O)[O][Sn]([CH2]CC)([CH2]CC)[O]C(C)=O. The molecular weight excluding hydrogens is 510 g/mol. The second-order valence-corrected chi connectivity index (χ2v) is 27.9. The van der Waals surface area contributed by atoms with E-state index in [2.05, 4.69) is 27.7 Å². The summed E-state index contributed by atoms with van der Waals surface area (Å²) in [6, 6.07) is 0. The van der Waals surface area contributed by atoms with E-state index in [-0.39, 0.29) is 11.9 Å². The van der Waals surface area contributed by atoms with Crippen molar-refractivity contribution in [1.82, 2.24) is 0 Å². The molecule has 0 aromatic heterocycles. The predicted molar refractivity (Wildman–Crippen MR) is 96.5 cm³/mol. The zero-order chi connectivity index (χ0) is 17.9. The van der Waals surface area contributed by atoms with Crippen LogP contribution in [0.2, 0.25) is 17.7 Å². The van der Waals surface area contributed by atoms with Gasteiger partial charge in [-0.2, -0.15) is 0 Å². The molecule has 0 saturated carbocycles. The Hall–Kier alpha value is 0.497. The normalized spacial score (nSPS) is 12.1. The summed E-state index contributed by atoms with van der Waals surface area (Å²) < 4.78 is 21.8. The van der Waals surface area contributed by atoms with Gasteiger partial charge in [-0.1, -0.05) is 0 Å². The van der Waals surface area contributed by atoms with Crippen molar-refractivity contribution in [2.45, 2.75) is 85.0 Å². The molecule has 0 aliphatic heterocycles. The first-order chi connectivity index (χ1) is 10.8. The first-order valence-corrected chi connectivity index (χ1v) is 21.6. The average Bonchev–Trinajstić information content (AvgIpc) is 2.37. The molecule has 0 amide bonds. The average molecular weight is 544 g/mol. The molecular formula is C16H34O5Sn2. The van der Waals surface area contributed by atoms with E-state index in [1.54, 1.807) is 0 Å². The fourth-order valence-corrected chi connectivity index (χ4v) is 43.1. The standard InChI is InChI=1S/4C3H7.2C2H4O2.O.2Sn/c4*1-3-2;2*1-2(3)4;;;/h4*1,3H2,2H3;2*1H3,(H,3,4);;;/q;;;;;;;2*+1/p-2. The molecule has 0 aromatic rings. The van der Waals surface area contributed by atoms with Gasteiger partial charge in [0.15, 0.2) is 0 Å². The summed E-state index contributed by atoms with van der Waals surface area (Å²) in [7, 11) is 0. The van der Waals surface area contributed by atoms with Crippen molar-refractivity contribution in [3.05, 3.63) is 0 Å². The maximum absolute atomic E-state index is 11.7. The maximum atomic E-state index is 11.7. The van der Waals surface area contributed by atoms with Crippen molar-refractivity contribution in [1.29, 1.82) is 0 Å². The number of hydrogen-bond donors (Lipinski definition) is 0. The van der Waals surface area contributed by atoms with Crippen molar-refractivity contribution >= 4 is 50.3 Å². The fourth-order valence-electron chi connectivity index (χ4n) is 3.09. The van der Waals surface area contributed by atoms with E-state index in [1.807, 2.05) is 0 Å².